The van der Waals surface area contributed by atoms with Crippen molar-refractivity contribution in [3.8, 4) is 22.9 Å². The van der Waals surface area contributed by atoms with Crippen molar-refractivity contribution in [2.45, 2.75) is 0 Å². The Bertz CT molecular complexity index is 951. The number of hydrogen-bond donors (Lipinski definition) is 2. The molecule has 22 heavy (non-hydrogen) atoms. The maximum absolute atomic E-state index is 11.2. The van der Waals surface area contributed by atoms with E-state index in [0.717, 1.165) is 5.39 Å². The average molecular weight is 293 g/mol. The summed E-state index contributed by atoms with van der Waals surface area (Å²) in [6, 6.07) is 9.81. The first-order chi connectivity index (χ1) is 10.5. The van der Waals surface area contributed by atoms with Gasteiger partial charge in [-0.1, -0.05) is 12.1 Å². The van der Waals surface area contributed by atoms with Crippen LogP contribution < -0.4 is 0 Å². The van der Waals surface area contributed by atoms with Crippen LogP contribution in [-0.4, -0.2) is 26.0 Å². The van der Waals surface area contributed by atoms with Gasteiger partial charge in [-0.2, -0.15) is 10.4 Å². The van der Waals surface area contributed by atoms with Gasteiger partial charge in [0.25, 0.3) is 0 Å². The Morgan fingerprint density at radius 3 is 2.77 bits per heavy atom. The second-order valence-electron chi connectivity index (χ2n) is 4.88. The van der Waals surface area contributed by atoms with E-state index >= 15 is 0 Å². The second kappa shape index (κ2) is 4.90. The second-order valence-corrected chi connectivity index (χ2v) is 4.88. The summed E-state index contributed by atoms with van der Waals surface area (Å²) in [5.41, 5.74) is 1.74. The van der Waals surface area contributed by atoms with Gasteiger partial charge in [-0.25, -0.2) is 4.79 Å². The molecule has 0 aliphatic carbocycles. The molecule has 3 rings (SSSR count). The van der Waals surface area contributed by atoms with E-state index < -0.39 is 5.97 Å². The molecule has 0 saturated heterocycles. The van der Waals surface area contributed by atoms with E-state index in [1.807, 2.05) is 6.07 Å². The van der Waals surface area contributed by atoms with Crippen LogP contribution in [0.1, 0.15) is 15.9 Å². The molecule has 0 aliphatic heterocycles. The van der Waals surface area contributed by atoms with Gasteiger partial charge in [0.1, 0.15) is 11.3 Å². The highest BCUT2D eigenvalue weighted by Crippen LogP contribution is 2.37. The van der Waals surface area contributed by atoms with Crippen LogP contribution in [-0.2, 0) is 7.05 Å². The normalized spacial score (nSPS) is 10.5. The number of nitriles is 1. The highest BCUT2D eigenvalue weighted by Gasteiger charge is 2.17. The third-order valence-electron chi connectivity index (χ3n) is 3.43. The summed E-state index contributed by atoms with van der Waals surface area (Å²) in [6.07, 6.45) is 1.76. The van der Waals surface area contributed by atoms with Crippen molar-refractivity contribution >= 4 is 16.9 Å². The summed E-state index contributed by atoms with van der Waals surface area (Å²) in [4.78, 5) is 11.2. The number of aryl methyl sites for hydroxylation is 1. The van der Waals surface area contributed by atoms with Crippen LogP contribution in [0, 0.1) is 11.3 Å². The molecule has 0 saturated carbocycles. The number of aromatic carboxylic acids is 1. The first-order valence-corrected chi connectivity index (χ1v) is 6.44. The summed E-state index contributed by atoms with van der Waals surface area (Å²) in [5, 5.41) is 33.5. The summed E-state index contributed by atoms with van der Waals surface area (Å²) in [5.74, 6) is -1.53. The minimum Gasteiger partial charge on any atom is -0.506 e. The van der Waals surface area contributed by atoms with E-state index in [4.69, 9.17) is 10.4 Å². The number of carboxylic acid groups (broad SMARTS) is 1. The number of nitrogens with zero attached hydrogens (tertiary/aromatic N) is 3. The van der Waals surface area contributed by atoms with E-state index in [1.54, 1.807) is 42.2 Å². The number of aromatic hydroxyl groups is 1. The van der Waals surface area contributed by atoms with Crippen molar-refractivity contribution in [3.63, 3.8) is 0 Å². The van der Waals surface area contributed by atoms with E-state index in [1.165, 1.54) is 6.07 Å². The summed E-state index contributed by atoms with van der Waals surface area (Å²) in [6.45, 7) is 0. The number of aromatic nitrogens is 2. The third kappa shape index (κ3) is 2.05. The zero-order valence-electron chi connectivity index (χ0n) is 11.6. The fourth-order valence-corrected chi connectivity index (χ4v) is 2.46. The first-order valence-electron chi connectivity index (χ1n) is 6.44. The fraction of sp³-hybridized carbons (Fsp3) is 0.0625. The molecule has 1 heterocycles. The van der Waals surface area contributed by atoms with Crippen molar-refractivity contribution in [3.05, 3.63) is 47.7 Å². The van der Waals surface area contributed by atoms with Gasteiger partial charge in [-0.15, -0.1) is 0 Å². The number of fused-ring (bicyclic) bond motifs is 1. The Morgan fingerprint density at radius 1 is 1.32 bits per heavy atom. The van der Waals surface area contributed by atoms with Gasteiger partial charge < -0.3 is 10.2 Å². The average Bonchev–Trinajstić information content (AvgIpc) is 2.86. The van der Waals surface area contributed by atoms with Crippen LogP contribution in [0.15, 0.2) is 36.5 Å². The van der Waals surface area contributed by atoms with E-state index in [9.17, 15) is 9.90 Å². The zero-order chi connectivity index (χ0) is 15.9. The molecule has 6 nitrogen and oxygen atoms in total. The molecule has 0 unspecified atom stereocenters. The number of hydrogen-bond acceptors (Lipinski definition) is 4. The van der Waals surface area contributed by atoms with Crippen LogP contribution in [0.3, 0.4) is 0 Å². The number of rotatable bonds is 2. The topological polar surface area (TPSA) is 99.1 Å². The van der Waals surface area contributed by atoms with Gasteiger partial charge in [0, 0.05) is 24.2 Å². The summed E-state index contributed by atoms with van der Waals surface area (Å²) in [7, 11) is 1.75. The minimum atomic E-state index is -1.21. The fourth-order valence-electron chi connectivity index (χ4n) is 2.46. The Hall–Kier alpha value is -3.33. The minimum absolute atomic E-state index is 0.183. The zero-order valence-corrected chi connectivity index (χ0v) is 11.6. The molecule has 0 bridgehead atoms. The van der Waals surface area contributed by atoms with Gasteiger partial charge in [-0.05, 0) is 23.8 Å². The Morgan fingerprint density at radius 2 is 2.09 bits per heavy atom. The molecule has 2 N–H and O–H groups in total. The molecule has 0 spiro atoms. The molecule has 0 aliphatic rings. The van der Waals surface area contributed by atoms with Crippen LogP contribution >= 0.6 is 0 Å². The SMILES string of the molecule is Cn1cc2c(-c3cccc(C(=O)O)c3O)cc(C#N)cc2n1. The standard InChI is InChI=1S/C16H11N3O3/c1-19-8-13-12(5-9(7-17)6-14(13)18-19)10-3-2-4-11(15(10)20)16(21)22/h2-6,8,20H,1H3,(H,21,22). The molecule has 0 fully saturated rings. The van der Waals surface area contributed by atoms with Gasteiger partial charge in [0.2, 0.25) is 0 Å². The molecule has 0 atom stereocenters. The van der Waals surface area contributed by atoms with Gasteiger partial charge in [0.15, 0.2) is 0 Å². The lowest BCUT2D eigenvalue weighted by molar-refractivity contribution is 0.0694. The quantitative estimate of drug-likeness (QED) is 0.756. The van der Waals surface area contributed by atoms with Crippen LogP contribution in [0.25, 0.3) is 22.0 Å². The maximum Gasteiger partial charge on any atom is 0.339 e. The first kappa shape index (κ1) is 13.6. The Balaban J connectivity index is 2.37. The number of carboxylic acids is 1. The Kier molecular flexibility index (Phi) is 3.04. The highest BCUT2D eigenvalue weighted by atomic mass is 16.4. The van der Waals surface area contributed by atoms with Crippen LogP contribution in [0.5, 0.6) is 5.75 Å². The number of para-hydroxylation sites is 1. The highest BCUT2D eigenvalue weighted by molar-refractivity contribution is 6.00. The number of benzene rings is 2. The monoisotopic (exact) mass is 293 g/mol. The number of phenols is 1. The molecule has 0 radical (unpaired) electrons. The smallest absolute Gasteiger partial charge is 0.339 e. The van der Waals surface area contributed by atoms with E-state index in [0.29, 0.717) is 22.2 Å². The number of carbonyl (C=O) groups is 1. The summed E-state index contributed by atoms with van der Waals surface area (Å²) < 4.78 is 1.60. The van der Waals surface area contributed by atoms with Crippen molar-refractivity contribution in [2.24, 2.45) is 7.05 Å². The molecule has 0 amide bonds. The van der Waals surface area contributed by atoms with Crippen LogP contribution in [0.2, 0.25) is 0 Å². The van der Waals surface area contributed by atoms with E-state index in [2.05, 4.69) is 5.10 Å². The molecular formula is C16H11N3O3. The van der Waals surface area contributed by atoms with Crippen molar-refractivity contribution in [2.75, 3.05) is 0 Å². The summed E-state index contributed by atoms with van der Waals surface area (Å²) >= 11 is 0. The molecule has 1 aromatic heterocycles. The van der Waals surface area contributed by atoms with E-state index in [-0.39, 0.29) is 11.3 Å². The van der Waals surface area contributed by atoms with Gasteiger partial charge >= 0.3 is 5.97 Å². The molecule has 108 valence electrons. The molecule has 2 aromatic carbocycles. The van der Waals surface area contributed by atoms with Crippen LogP contribution in [0.4, 0.5) is 0 Å². The Labute approximate surface area is 125 Å². The lowest BCUT2D eigenvalue weighted by Crippen LogP contribution is -1.97. The third-order valence-corrected chi connectivity index (χ3v) is 3.43. The maximum atomic E-state index is 11.2. The largest absolute Gasteiger partial charge is 0.506 e. The molecular weight excluding hydrogens is 282 g/mol. The molecule has 6 heteroatoms. The van der Waals surface area contributed by atoms with Gasteiger partial charge in [0.05, 0.1) is 17.1 Å². The predicted octanol–water partition coefficient (Wildman–Crippen LogP) is 2.52. The lowest BCUT2D eigenvalue weighted by Gasteiger charge is -2.09. The van der Waals surface area contributed by atoms with Crippen molar-refractivity contribution in [1.82, 2.24) is 9.78 Å². The molecule has 3 aromatic rings. The van der Waals surface area contributed by atoms with Gasteiger partial charge in [-0.3, -0.25) is 4.68 Å². The van der Waals surface area contributed by atoms with Crippen molar-refractivity contribution in [1.29, 1.82) is 5.26 Å². The predicted molar refractivity (Wildman–Crippen MR) is 79.5 cm³/mol. The van der Waals surface area contributed by atoms with Crippen molar-refractivity contribution < 1.29 is 15.0 Å². The lowest BCUT2D eigenvalue weighted by atomic mass is 9.97.